The zero-order valence-electron chi connectivity index (χ0n) is 10.7. The maximum absolute atomic E-state index is 13.2. The minimum absolute atomic E-state index is 0.0931. The molecule has 2 heterocycles. The normalized spacial score (nSPS) is 19.0. The van der Waals surface area contributed by atoms with Crippen LogP contribution in [0.5, 0.6) is 0 Å². The molecule has 1 saturated heterocycles. The van der Waals surface area contributed by atoms with E-state index in [-0.39, 0.29) is 19.6 Å². The molecule has 3 nitrogen and oxygen atoms in total. The van der Waals surface area contributed by atoms with Crippen LogP contribution in [0.1, 0.15) is 17.5 Å². The van der Waals surface area contributed by atoms with Gasteiger partial charge in [-0.05, 0) is 12.1 Å². The Balaban J connectivity index is 1.93. The van der Waals surface area contributed by atoms with Gasteiger partial charge in [-0.1, -0.05) is 15.9 Å². The summed E-state index contributed by atoms with van der Waals surface area (Å²) in [5, 5.41) is 10.1. The fourth-order valence-corrected chi connectivity index (χ4v) is 3.15. The quantitative estimate of drug-likeness (QED) is 0.924. The van der Waals surface area contributed by atoms with Gasteiger partial charge in [0.15, 0.2) is 0 Å². The van der Waals surface area contributed by atoms with Crippen molar-refractivity contribution in [1.82, 2.24) is 4.90 Å². The third-order valence-corrected chi connectivity index (χ3v) is 4.07. The van der Waals surface area contributed by atoms with Gasteiger partial charge in [-0.2, -0.15) is 0 Å². The second-order valence-corrected chi connectivity index (χ2v) is 6.09. The molecule has 0 bridgehead atoms. The Morgan fingerprint density at radius 1 is 1.35 bits per heavy atom. The molecule has 1 fully saturated rings. The van der Waals surface area contributed by atoms with Crippen molar-refractivity contribution >= 4 is 26.9 Å². The molecule has 1 aromatic heterocycles. The predicted octanol–water partition coefficient (Wildman–Crippen LogP) is 3.53. The molecule has 20 heavy (non-hydrogen) atoms. The Morgan fingerprint density at radius 3 is 2.80 bits per heavy atom. The first-order chi connectivity index (χ1) is 9.48. The van der Waals surface area contributed by atoms with Crippen molar-refractivity contribution in [1.29, 1.82) is 0 Å². The van der Waals surface area contributed by atoms with E-state index < -0.39 is 5.92 Å². The lowest BCUT2D eigenvalue weighted by Gasteiger charge is -2.16. The summed E-state index contributed by atoms with van der Waals surface area (Å²) in [7, 11) is 0. The number of likely N-dealkylation sites (tertiary alicyclic amines) is 1. The predicted molar refractivity (Wildman–Crippen MR) is 74.7 cm³/mol. The highest BCUT2D eigenvalue weighted by Gasteiger charge is 2.38. The fraction of sp³-hybridized carbons (Fsp3) is 0.429. The second-order valence-electron chi connectivity index (χ2n) is 5.18. The van der Waals surface area contributed by atoms with Crippen LogP contribution in [0.3, 0.4) is 0 Å². The van der Waals surface area contributed by atoms with Crippen molar-refractivity contribution < 1.29 is 18.3 Å². The maximum atomic E-state index is 13.2. The number of aliphatic hydroxyl groups is 1. The van der Waals surface area contributed by atoms with Gasteiger partial charge in [0.05, 0.1) is 19.4 Å². The van der Waals surface area contributed by atoms with Crippen LogP contribution in [0.2, 0.25) is 0 Å². The van der Waals surface area contributed by atoms with E-state index in [0.29, 0.717) is 24.2 Å². The number of hydrogen-bond donors (Lipinski definition) is 1. The summed E-state index contributed by atoms with van der Waals surface area (Å²) >= 11 is 3.41. The number of aliphatic hydroxyl groups excluding tert-OH is 1. The van der Waals surface area contributed by atoms with Crippen LogP contribution < -0.4 is 0 Å². The fourth-order valence-electron chi connectivity index (χ4n) is 2.64. The number of furan rings is 1. The largest absolute Gasteiger partial charge is 0.464 e. The number of hydrogen-bond acceptors (Lipinski definition) is 3. The first kappa shape index (κ1) is 14.0. The van der Waals surface area contributed by atoms with Crippen LogP contribution in [0, 0.1) is 0 Å². The molecule has 108 valence electrons. The molecule has 1 aliphatic rings. The molecular weight excluding hydrogens is 332 g/mol. The van der Waals surface area contributed by atoms with Crippen LogP contribution in [-0.4, -0.2) is 29.0 Å². The van der Waals surface area contributed by atoms with Gasteiger partial charge in [0.2, 0.25) is 0 Å². The number of benzene rings is 1. The Kier molecular flexibility index (Phi) is 3.56. The first-order valence-corrected chi connectivity index (χ1v) is 7.17. The Morgan fingerprint density at radius 2 is 2.15 bits per heavy atom. The number of rotatable bonds is 3. The smallest absolute Gasteiger partial charge is 0.261 e. The highest BCUT2D eigenvalue weighted by atomic mass is 79.9. The summed E-state index contributed by atoms with van der Waals surface area (Å²) < 4.78 is 32.8. The van der Waals surface area contributed by atoms with E-state index in [0.717, 1.165) is 15.4 Å². The summed E-state index contributed by atoms with van der Waals surface area (Å²) in [6.45, 7) is 0.484. The number of fused-ring (bicyclic) bond motifs is 1. The average Bonchev–Trinajstić information content (AvgIpc) is 2.92. The van der Waals surface area contributed by atoms with Crippen LogP contribution in [0.15, 0.2) is 27.3 Å². The summed E-state index contributed by atoms with van der Waals surface area (Å²) in [4.78, 5) is 1.72. The third-order valence-electron chi connectivity index (χ3n) is 3.61. The number of alkyl halides is 2. The third kappa shape index (κ3) is 2.60. The van der Waals surface area contributed by atoms with Gasteiger partial charge < -0.3 is 9.52 Å². The Hall–Kier alpha value is -0.980. The van der Waals surface area contributed by atoms with Crippen LogP contribution in [-0.2, 0) is 13.2 Å². The van der Waals surface area contributed by atoms with E-state index in [1.807, 2.05) is 12.1 Å². The maximum Gasteiger partial charge on any atom is 0.261 e. The van der Waals surface area contributed by atoms with E-state index >= 15 is 0 Å². The van der Waals surface area contributed by atoms with Crippen molar-refractivity contribution in [3.05, 3.63) is 34.0 Å². The summed E-state index contributed by atoms with van der Waals surface area (Å²) in [6.07, 6.45) is 1.42. The first-order valence-electron chi connectivity index (χ1n) is 6.38. The van der Waals surface area contributed by atoms with E-state index in [1.54, 1.807) is 4.90 Å². The molecule has 2 aromatic rings. The molecule has 0 spiro atoms. The average molecular weight is 346 g/mol. The lowest BCUT2D eigenvalue weighted by molar-refractivity contribution is 0.0115. The second kappa shape index (κ2) is 5.09. The SMILES string of the molecule is OCc1coc2c(CN3CCC(F)(F)C3)cc(Br)cc12. The van der Waals surface area contributed by atoms with Crippen molar-refractivity contribution in [2.45, 2.75) is 25.5 Å². The molecule has 0 radical (unpaired) electrons. The van der Waals surface area contributed by atoms with Gasteiger partial charge in [-0.3, -0.25) is 4.90 Å². The van der Waals surface area contributed by atoms with E-state index in [9.17, 15) is 13.9 Å². The monoisotopic (exact) mass is 345 g/mol. The molecule has 0 unspecified atom stereocenters. The molecule has 6 heteroatoms. The van der Waals surface area contributed by atoms with Crippen molar-refractivity contribution in [3.8, 4) is 0 Å². The summed E-state index contributed by atoms with van der Waals surface area (Å²) in [5.41, 5.74) is 2.22. The minimum Gasteiger partial charge on any atom is -0.464 e. The molecular formula is C14H14BrF2NO2. The molecule has 1 N–H and O–H groups in total. The molecule has 0 aliphatic carbocycles. The van der Waals surface area contributed by atoms with Crippen LogP contribution in [0.4, 0.5) is 8.78 Å². The van der Waals surface area contributed by atoms with Gasteiger partial charge in [-0.25, -0.2) is 8.78 Å². The lowest BCUT2D eigenvalue weighted by Crippen LogP contribution is -2.24. The zero-order chi connectivity index (χ0) is 14.3. The van der Waals surface area contributed by atoms with Gasteiger partial charge >= 0.3 is 0 Å². The lowest BCUT2D eigenvalue weighted by atomic mass is 10.1. The molecule has 1 aliphatic heterocycles. The highest BCUT2D eigenvalue weighted by molar-refractivity contribution is 9.10. The standard InChI is InChI=1S/C14H14BrF2NO2/c15-11-3-9(5-18-2-1-14(16,17)8-18)13-12(4-11)10(6-19)7-20-13/h3-4,7,19H,1-2,5-6,8H2. The van der Waals surface area contributed by atoms with Crippen molar-refractivity contribution in [2.75, 3.05) is 13.1 Å². The molecule has 1 aromatic carbocycles. The summed E-state index contributed by atoms with van der Waals surface area (Å²) in [5.74, 6) is -2.59. The molecule has 0 saturated carbocycles. The Bertz CT molecular complexity index is 641. The molecule has 0 amide bonds. The number of nitrogens with zero attached hydrogens (tertiary/aromatic N) is 1. The number of halogens is 3. The van der Waals surface area contributed by atoms with Crippen molar-refractivity contribution in [2.24, 2.45) is 0 Å². The minimum atomic E-state index is -2.59. The van der Waals surface area contributed by atoms with Gasteiger partial charge in [0, 0.05) is 40.5 Å². The zero-order valence-corrected chi connectivity index (χ0v) is 12.3. The van der Waals surface area contributed by atoms with E-state index in [4.69, 9.17) is 4.42 Å². The van der Waals surface area contributed by atoms with E-state index in [1.165, 1.54) is 6.26 Å². The van der Waals surface area contributed by atoms with Crippen molar-refractivity contribution in [3.63, 3.8) is 0 Å². The Labute approximate surface area is 123 Å². The van der Waals surface area contributed by atoms with Crippen LogP contribution >= 0.6 is 15.9 Å². The van der Waals surface area contributed by atoms with Crippen LogP contribution in [0.25, 0.3) is 11.0 Å². The van der Waals surface area contributed by atoms with Gasteiger partial charge in [0.1, 0.15) is 5.58 Å². The highest BCUT2D eigenvalue weighted by Crippen LogP contribution is 2.32. The topological polar surface area (TPSA) is 36.6 Å². The summed E-state index contributed by atoms with van der Waals surface area (Å²) in [6, 6.07) is 3.75. The van der Waals surface area contributed by atoms with E-state index in [2.05, 4.69) is 15.9 Å². The van der Waals surface area contributed by atoms with Gasteiger partial charge in [-0.15, -0.1) is 0 Å². The van der Waals surface area contributed by atoms with Gasteiger partial charge in [0.25, 0.3) is 5.92 Å². The molecule has 3 rings (SSSR count). The molecule has 0 atom stereocenters.